The number of carbonyl (C=O) groups is 2. The summed E-state index contributed by atoms with van der Waals surface area (Å²) in [4.78, 5) is 24.4. The van der Waals surface area contributed by atoms with Gasteiger partial charge in [0.05, 0.1) is 5.57 Å². The highest BCUT2D eigenvalue weighted by Gasteiger charge is 2.15. The molecule has 0 N–H and O–H groups in total. The van der Waals surface area contributed by atoms with Crippen molar-refractivity contribution in [3.05, 3.63) is 59.9 Å². The number of benzene rings is 1. The number of allylic oxidation sites excluding steroid dienone is 1. The van der Waals surface area contributed by atoms with Crippen molar-refractivity contribution in [1.82, 2.24) is 4.90 Å². The number of nitrogens with zero attached hydrogens (tertiary/aromatic N) is 1. The van der Waals surface area contributed by atoms with Gasteiger partial charge < -0.3 is 14.4 Å². The fourth-order valence-corrected chi connectivity index (χ4v) is 1.90. The zero-order chi connectivity index (χ0) is 15.1. The topological polar surface area (TPSA) is 55.8 Å². The van der Waals surface area contributed by atoms with Gasteiger partial charge in [0.2, 0.25) is 6.79 Å². The molecule has 1 aliphatic rings. The molecule has 1 aromatic carbocycles. The molecule has 21 heavy (non-hydrogen) atoms. The molecule has 0 atom stereocenters. The zero-order valence-electron chi connectivity index (χ0n) is 11.8. The van der Waals surface area contributed by atoms with Crippen molar-refractivity contribution in [2.45, 2.75) is 19.9 Å². The predicted octanol–water partition coefficient (Wildman–Crippen LogP) is 2.35. The van der Waals surface area contributed by atoms with Crippen molar-refractivity contribution in [1.29, 1.82) is 0 Å². The maximum Gasteiger partial charge on any atom is 0.338 e. The summed E-state index contributed by atoms with van der Waals surface area (Å²) in [5.41, 5.74) is 1.67. The Bertz CT molecular complexity index is 563. The Kier molecular flexibility index (Phi) is 5.15. The SMILES string of the molecule is CC(=O)OCOC(=O)C1=CN(Cc2ccccc2)C=CC1. The van der Waals surface area contributed by atoms with Gasteiger partial charge in [-0.3, -0.25) is 4.79 Å². The molecule has 0 saturated heterocycles. The van der Waals surface area contributed by atoms with Gasteiger partial charge in [0.15, 0.2) is 0 Å². The van der Waals surface area contributed by atoms with Crippen LogP contribution in [-0.4, -0.2) is 23.6 Å². The van der Waals surface area contributed by atoms with Gasteiger partial charge in [0.25, 0.3) is 0 Å². The molecule has 110 valence electrons. The van der Waals surface area contributed by atoms with E-state index in [0.29, 0.717) is 18.5 Å². The molecule has 2 rings (SSSR count). The second kappa shape index (κ2) is 7.28. The third kappa shape index (κ3) is 4.80. The minimum Gasteiger partial charge on any atom is -0.428 e. The van der Waals surface area contributed by atoms with Crippen LogP contribution in [0.1, 0.15) is 18.9 Å². The van der Waals surface area contributed by atoms with Crippen LogP contribution in [0.15, 0.2) is 54.4 Å². The lowest BCUT2D eigenvalue weighted by atomic mass is 10.1. The first-order chi connectivity index (χ1) is 10.1. The third-order valence-electron chi connectivity index (χ3n) is 2.88. The lowest BCUT2D eigenvalue weighted by molar-refractivity contribution is -0.163. The van der Waals surface area contributed by atoms with Gasteiger partial charge in [0.1, 0.15) is 0 Å². The molecular weight excluding hydrogens is 270 g/mol. The van der Waals surface area contributed by atoms with E-state index < -0.39 is 11.9 Å². The molecule has 0 aromatic heterocycles. The molecule has 0 saturated carbocycles. The lowest BCUT2D eigenvalue weighted by Crippen LogP contribution is -2.19. The maximum absolute atomic E-state index is 11.8. The van der Waals surface area contributed by atoms with Crippen molar-refractivity contribution < 1.29 is 19.1 Å². The van der Waals surface area contributed by atoms with Crippen molar-refractivity contribution in [3.8, 4) is 0 Å². The van der Waals surface area contributed by atoms with E-state index in [0.717, 1.165) is 5.56 Å². The van der Waals surface area contributed by atoms with Crippen LogP contribution in [0.5, 0.6) is 0 Å². The Labute approximate surface area is 123 Å². The average molecular weight is 287 g/mol. The number of rotatable bonds is 5. The maximum atomic E-state index is 11.8. The van der Waals surface area contributed by atoms with E-state index in [9.17, 15) is 9.59 Å². The Morgan fingerprint density at radius 3 is 2.67 bits per heavy atom. The summed E-state index contributed by atoms with van der Waals surface area (Å²) in [5, 5.41) is 0. The van der Waals surface area contributed by atoms with Gasteiger partial charge in [0, 0.05) is 32.3 Å². The molecule has 0 unspecified atom stereocenters. The van der Waals surface area contributed by atoms with E-state index in [-0.39, 0.29) is 6.79 Å². The monoisotopic (exact) mass is 287 g/mol. The van der Waals surface area contributed by atoms with Crippen molar-refractivity contribution >= 4 is 11.9 Å². The Balaban J connectivity index is 1.91. The largest absolute Gasteiger partial charge is 0.428 e. The molecule has 0 radical (unpaired) electrons. The second-order valence-corrected chi connectivity index (χ2v) is 4.59. The summed E-state index contributed by atoms with van der Waals surface area (Å²) in [6.07, 6.45) is 6.08. The molecule has 0 fully saturated rings. The summed E-state index contributed by atoms with van der Waals surface area (Å²) in [6, 6.07) is 9.95. The van der Waals surface area contributed by atoms with Crippen LogP contribution in [0.2, 0.25) is 0 Å². The molecule has 5 heteroatoms. The van der Waals surface area contributed by atoms with Gasteiger partial charge in [-0.1, -0.05) is 36.4 Å². The quantitative estimate of drug-likeness (QED) is 0.614. The molecule has 1 aromatic rings. The molecule has 0 aliphatic carbocycles. The second-order valence-electron chi connectivity index (χ2n) is 4.59. The molecule has 0 amide bonds. The van der Waals surface area contributed by atoms with E-state index >= 15 is 0 Å². The first-order valence-corrected chi connectivity index (χ1v) is 6.62. The minimum absolute atomic E-state index is 0.353. The van der Waals surface area contributed by atoms with Gasteiger partial charge in [-0.25, -0.2) is 4.79 Å². The van der Waals surface area contributed by atoms with E-state index in [4.69, 9.17) is 4.74 Å². The highest BCUT2D eigenvalue weighted by molar-refractivity contribution is 5.88. The highest BCUT2D eigenvalue weighted by atomic mass is 16.7. The Hall–Kier alpha value is -2.56. The molecule has 0 bridgehead atoms. The van der Waals surface area contributed by atoms with Crippen LogP contribution in [0.25, 0.3) is 0 Å². The minimum atomic E-state index is -0.481. The number of carbonyl (C=O) groups excluding carboxylic acids is 2. The van der Waals surface area contributed by atoms with Crippen molar-refractivity contribution in [2.24, 2.45) is 0 Å². The molecule has 1 heterocycles. The van der Waals surface area contributed by atoms with Gasteiger partial charge in [-0.2, -0.15) is 0 Å². The number of esters is 2. The summed E-state index contributed by atoms with van der Waals surface area (Å²) >= 11 is 0. The van der Waals surface area contributed by atoms with E-state index in [1.807, 2.05) is 47.5 Å². The van der Waals surface area contributed by atoms with Crippen molar-refractivity contribution in [2.75, 3.05) is 6.79 Å². The predicted molar refractivity (Wildman–Crippen MR) is 76.6 cm³/mol. The third-order valence-corrected chi connectivity index (χ3v) is 2.88. The molecule has 5 nitrogen and oxygen atoms in total. The fourth-order valence-electron chi connectivity index (χ4n) is 1.90. The first kappa shape index (κ1) is 14.8. The number of ether oxygens (including phenoxy) is 2. The first-order valence-electron chi connectivity index (χ1n) is 6.62. The lowest BCUT2D eigenvalue weighted by Gasteiger charge is -2.21. The van der Waals surface area contributed by atoms with E-state index in [1.54, 1.807) is 6.20 Å². The molecular formula is C16H17NO4. The molecule has 1 aliphatic heterocycles. The Morgan fingerprint density at radius 1 is 1.19 bits per heavy atom. The van der Waals surface area contributed by atoms with E-state index in [2.05, 4.69) is 4.74 Å². The summed E-state index contributed by atoms with van der Waals surface area (Å²) < 4.78 is 9.47. The Morgan fingerprint density at radius 2 is 1.95 bits per heavy atom. The summed E-state index contributed by atoms with van der Waals surface area (Å²) in [5.74, 6) is -0.954. The number of hydrogen-bond acceptors (Lipinski definition) is 5. The van der Waals surface area contributed by atoms with Gasteiger partial charge >= 0.3 is 11.9 Å². The highest BCUT2D eigenvalue weighted by Crippen LogP contribution is 2.16. The van der Waals surface area contributed by atoms with Crippen LogP contribution in [0, 0.1) is 0 Å². The van der Waals surface area contributed by atoms with Crippen LogP contribution in [0.4, 0.5) is 0 Å². The normalized spacial score (nSPS) is 13.6. The van der Waals surface area contributed by atoms with Crippen LogP contribution in [0.3, 0.4) is 0 Å². The van der Waals surface area contributed by atoms with Crippen LogP contribution < -0.4 is 0 Å². The zero-order valence-corrected chi connectivity index (χ0v) is 11.8. The standard InChI is InChI=1S/C16H17NO4/c1-13(18)20-12-21-16(19)15-8-5-9-17(11-15)10-14-6-3-2-4-7-14/h2-7,9,11H,8,10,12H2,1H3. The average Bonchev–Trinajstić information content (AvgIpc) is 2.48. The molecule has 0 spiro atoms. The van der Waals surface area contributed by atoms with E-state index in [1.165, 1.54) is 6.92 Å². The van der Waals surface area contributed by atoms with Crippen LogP contribution in [-0.2, 0) is 25.6 Å². The van der Waals surface area contributed by atoms with Gasteiger partial charge in [-0.05, 0) is 5.56 Å². The number of hydrogen-bond donors (Lipinski definition) is 0. The van der Waals surface area contributed by atoms with Gasteiger partial charge in [-0.15, -0.1) is 0 Å². The van der Waals surface area contributed by atoms with Crippen LogP contribution >= 0.6 is 0 Å². The smallest absolute Gasteiger partial charge is 0.338 e. The summed E-state index contributed by atoms with van der Waals surface area (Å²) in [6.45, 7) is 1.59. The fraction of sp³-hybridized carbons (Fsp3) is 0.250. The summed E-state index contributed by atoms with van der Waals surface area (Å²) in [7, 11) is 0. The van der Waals surface area contributed by atoms with Crippen molar-refractivity contribution in [3.63, 3.8) is 0 Å².